The number of azo groups is 1. The van der Waals surface area contributed by atoms with Gasteiger partial charge >= 0.3 is 0 Å². The second-order valence-corrected chi connectivity index (χ2v) is 7.08. The first-order valence-corrected chi connectivity index (χ1v) is 8.42. The van der Waals surface area contributed by atoms with E-state index < -0.39 is 9.05 Å². The molecule has 2 aromatic rings. The van der Waals surface area contributed by atoms with Gasteiger partial charge in [0.2, 0.25) is 0 Å². The molecule has 0 unspecified atom stereocenters. The molecule has 2 rings (SSSR count). The molecule has 0 aliphatic heterocycles. The fourth-order valence-electron chi connectivity index (χ4n) is 1.71. The first kappa shape index (κ1) is 15.5. The summed E-state index contributed by atoms with van der Waals surface area (Å²) in [7, 11) is 5.39. The van der Waals surface area contributed by atoms with Crippen LogP contribution in [-0.2, 0) is 9.05 Å². The van der Waals surface area contributed by atoms with Crippen LogP contribution in [0.4, 0.5) is 17.1 Å². The quantitative estimate of drug-likeness (QED) is 0.628. The fourth-order valence-corrected chi connectivity index (χ4v) is 2.48. The summed E-state index contributed by atoms with van der Waals surface area (Å²) < 4.78 is 22.3. The predicted octanol–water partition coefficient (Wildman–Crippen LogP) is 4.10. The third kappa shape index (κ3) is 4.03. The van der Waals surface area contributed by atoms with Gasteiger partial charge in [-0.05, 0) is 36.4 Å². The van der Waals surface area contributed by atoms with Crippen molar-refractivity contribution in [1.82, 2.24) is 0 Å². The molecule has 0 aliphatic carbocycles. The van der Waals surface area contributed by atoms with E-state index in [-0.39, 0.29) is 4.90 Å². The molecule has 0 spiro atoms. The zero-order chi connectivity index (χ0) is 15.5. The third-order valence-electron chi connectivity index (χ3n) is 2.76. The largest absolute Gasteiger partial charge is 0.376 e. The highest BCUT2D eigenvalue weighted by atomic mass is 35.7. The second kappa shape index (κ2) is 6.24. The molecule has 2 aromatic carbocycles. The minimum Gasteiger partial charge on any atom is -0.376 e. The Kier molecular flexibility index (Phi) is 4.59. The number of anilines is 1. The van der Waals surface area contributed by atoms with E-state index in [1.54, 1.807) is 12.1 Å². The summed E-state index contributed by atoms with van der Waals surface area (Å²) in [5.41, 5.74) is 2.23. The van der Waals surface area contributed by atoms with Gasteiger partial charge in [-0.3, -0.25) is 0 Å². The molecule has 110 valence electrons. The van der Waals surface area contributed by atoms with Gasteiger partial charge in [-0.15, -0.1) is 5.11 Å². The van der Waals surface area contributed by atoms with Crippen LogP contribution in [0, 0.1) is 0 Å². The van der Waals surface area contributed by atoms with Crippen molar-refractivity contribution in [2.45, 2.75) is 4.90 Å². The average Bonchev–Trinajstić information content (AvgIpc) is 2.45. The first-order chi connectivity index (χ1) is 9.88. The predicted molar refractivity (Wildman–Crippen MR) is 84.4 cm³/mol. The minimum absolute atomic E-state index is 0.0387. The van der Waals surface area contributed by atoms with E-state index in [9.17, 15) is 8.42 Å². The molecule has 21 heavy (non-hydrogen) atoms. The number of benzene rings is 2. The lowest BCUT2D eigenvalue weighted by molar-refractivity contribution is 0.609. The van der Waals surface area contributed by atoms with E-state index in [0.717, 1.165) is 11.4 Å². The fraction of sp³-hybridized carbons (Fsp3) is 0.143. The van der Waals surface area contributed by atoms with Crippen LogP contribution in [0.5, 0.6) is 0 Å². The topological polar surface area (TPSA) is 62.1 Å². The average molecular weight is 324 g/mol. The number of hydrogen-bond acceptors (Lipinski definition) is 5. The number of nitrogens with zero attached hydrogens (tertiary/aromatic N) is 3. The highest BCUT2D eigenvalue weighted by Gasteiger charge is 2.08. The molecule has 0 atom stereocenters. The van der Waals surface area contributed by atoms with Gasteiger partial charge in [0.15, 0.2) is 0 Å². The zero-order valence-corrected chi connectivity index (χ0v) is 13.1. The molecule has 0 bridgehead atoms. The SMILES string of the molecule is CN(C)c1ccccc1/N=N/c1ccc(S(=O)(=O)Cl)cc1. The van der Waals surface area contributed by atoms with Crippen LogP contribution in [0.15, 0.2) is 63.7 Å². The van der Waals surface area contributed by atoms with Gasteiger partial charge in [0, 0.05) is 24.8 Å². The van der Waals surface area contributed by atoms with Gasteiger partial charge in [-0.1, -0.05) is 12.1 Å². The van der Waals surface area contributed by atoms with Gasteiger partial charge in [-0.2, -0.15) is 5.11 Å². The highest BCUT2D eigenvalue weighted by molar-refractivity contribution is 8.13. The molecule has 5 nitrogen and oxygen atoms in total. The summed E-state index contributed by atoms with van der Waals surface area (Å²) in [6, 6.07) is 13.5. The van der Waals surface area contributed by atoms with Crippen LogP contribution in [0.2, 0.25) is 0 Å². The van der Waals surface area contributed by atoms with Gasteiger partial charge in [0.1, 0.15) is 5.69 Å². The van der Waals surface area contributed by atoms with Crippen molar-refractivity contribution < 1.29 is 8.42 Å². The van der Waals surface area contributed by atoms with E-state index in [4.69, 9.17) is 10.7 Å². The zero-order valence-electron chi connectivity index (χ0n) is 11.6. The highest BCUT2D eigenvalue weighted by Crippen LogP contribution is 2.28. The summed E-state index contributed by atoms with van der Waals surface area (Å²) in [6.07, 6.45) is 0. The van der Waals surface area contributed by atoms with E-state index in [1.165, 1.54) is 12.1 Å². The molecule has 0 heterocycles. The van der Waals surface area contributed by atoms with Gasteiger partial charge in [0.25, 0.3) is 9.05 Å². The van der Waals surface area contributed by atoms with Crippen LogP contribution in [0.1, 0.15) is 0 Å². The molecule has 0 aromatic heterocycles. The Balaban J connectivity index is 2.26. The molecule has 0 saturated carbocycles. The summed E-state index contributed by atoms with van der Waals surface area (Å²) >= 11 is 0. The summed E-state index contributed by atoms with van der Waals surface area (Å²) in [6.45, 7) is 0. The van der Waals surface area contributed by atoms with Crippen LogP contribution in [0.25, 0.3) is 0 Å². The molecule has 0 N–H and O–H groups in total. The van der Waals surface area contributed by atoms with Crippen LogP contribution in [0.3, 0.4) is 0 Å². The number of hydrogen-bond donors (Lipinski definition) is 0. The molecule has 0 amide bonds. The van der Waals surface area contributed by atoms with E-state index in [0.29, 0.717) is 5.69 Å². The van der Waals surface area contributed by atoms with E-state index in [2.05, 4.69) is 10.2 Å². The molecule has 7 heteroatoms. The normalized spacial score (nSPS) is 11.8. The van der Waals surface area contributed by atoms with Crippen molar-refractivity contribution in [3.8, 4) is 0 Å². The van der Waals surface area contributed by atoms with Crippen molar-refractivity contribution in [2.75, 3.05) is 19.0 Å². The van der Waals surface area contributed by atoms with Crippen molar-refractivity contribution in [1.29, 1.82) is 0 Å². The van der Waals surface area contributed by atoms with Crippen molar-refractivity contribution in [3.63, 3.8) is 0 Å². The Morgan fingerprint density at radius 2 is 1.57 bits per heavy atom. The molecule has 0 radical (unpaired) electrons. The Morgan fingerprint density at radius 3 is 2.14 bits per heavy atom. The Hall–Kier alpha value is -1.92. The molecule has 0 saturated heterocycles. The Morgan fingerprint density at radius 1 is 0.952 bits per heavy atom. The minimum atomic E-state index is -3.71. The molecule has 0 aliphatic rings. The molecular weight excluding hydrogens is 310 g/mol. The number of para-hydroxylation sites is 1. The lowest BCUT2D eigenvalue weighted by Gasteiger charge is -2.13. The van der Waals surface area contributed by atoms with Crippen molar-refractivity contribution in [3.05, 3.63) is 48.5 Å². The third-order valence-corrected chi connectivity index (χ3v) is 4.12. The Bertz CT molecular complexity index is 756. The smallest absolute Gasteiger partial charge is 0.261 e. The maximum Gasteiger partial charge on any atom is 0.261 e. The monoisotopic (exact) mass is 323 g/mol. The maximum atomic E-state index is 11.1. The van der Waals surface area contributed by atoms with Crippen LogP contribution >= 0.6 is 10.7 Å². The van der Waals surface area contributed by atoms with Crippen LogP contribution < -0.4 is 4.90 Å². The second-order valence-electron chi connectivity index (χ2n) is 4.51. The lowest BCUT2D eigenvalue weighted by atomic mass is 10.2. The van der Waals surface area contributed by atoms with E-state index >= 15 is 0 Å². The Labute approximate surface area is 128 Å². The van der Waals surface area contributed by atoms with Gasteiger partial charge < -0.3 is 4.90 Å². The van der Waals surface area contributed by atoms with Gasteiger partial charge in [-0.25, -0.2) is 8.42 Å². The standard InChI is InChI=1S/C14H14ClN3O2S/c1-18(2)14-6-4-3-5-13(14)17-16-11-7-9-12(10-8-11)21(15,19)20/h3-10H,1-2H3/b17-16+. The first-order valence-electron chi connectivity index (χ1n) is 6.11. The summed E-state index contributed by atoms with van der Waals surface area (Å²) in [5.74, 6) is 0. The maximum absolute atomic E-state index is 11.1. The number of halogens is 1. The summed E-state index contributed by atoms with van der Waals surface area (Å²) in [5, 5.41) is 8.29. The van der Waals surface area contributed by atoms with Crippen molar-refractivity contribution in [2.24, 2.45) is 10.2 Å². The number of rotatable bonds is 4. The van der Waals surface area contributed by atoms with Crippen LogP contribution in [-0.4, -0.2) is 22.5 Å². The molecular formula is C14H14ClN3O2S. The lowest BCUT2D eigenvalue weighted by Crippen LogP contribution is -2.08. The van der Waals surface area contributed by atoms with E-state index in [1.807, 2.05) is 43.3 Å². The molecule has 0 fully saturated rings. The van der Waals surface area contributed by atoms with Gasteiger partial charge in [0.05, 0.1) is 16.3 Å². The summed E-state index contributed by atoms with van der Waals surface area (Å²) in [4.78, 5) is 1.98. The van der Waals surface area contributed by atoms with Crippen molar-refractivity contribution >= 4 is 36.8 Å².